The van der Waals surface area contributed by atoms with Crippen LogP contribution in [0.2, 0.25) is 0 Å². The maximum absolute atomic E-state index is 12.8. The minimum Gasteiger partial charge on any atom is -0.350 e. The molecule has 6 heteroatoms. The first-order valence-corrected chi connectivity index (χ1v) is 8.72. The molecule has 1 aliphatic rings. The summed E-state index contributed by atoms with van der Waals surface area (Å²) in [4.78, 5) is 12.2. The van der Waals surface area contributed by atoms with Crippen LogP contribution in [-0.4, -0.2) is 31.0 Å². The predicted octanol–water partition coefficient (Wildman–Crippen LogP) is 4.28. The minimum absolute atomic E-state index is 0.0892. The number of hydrogen-bond donors (Lipinski definition) is 2. The first-order chi connectivity index (χ1) is 11.7. The largest absolute Gasteiger partial charge is 0.350 e. The number of carbonyl (C=O) groups excluding carboxylic acids is 1. The van der Waals surface area contributed by atoms with Gasteiger partial charge >= 0.3 is 0 Å². The number of hydrogen-bond acceptors (Lipinski definition) is 2. The Kier molecular flexibility index (Phi) is 8.97. The molecule has 1 atom stereocenters. The number of carbonyl (C=O) groups is 1. The summed E-state index contributed by atoms with van der Waals surface area (Å²) in [6, 6.07) is -0.702. The van der Waals surface area contributed by atoms with Crippen LogP contribution in [0.3, 0.4) is 0 Å². The third-order valence-electron chi connectivity index (χ3n) is 4.43. The fourth-order valence-corrected chi connectivity index (χ4v) is 2.89. The van der Waals surface area contributed by atoms with E-state index in [9.17, 15) is 18.0 Å². The highest BCUT2D eigenvalue weighted by Crippen LogP contribution is 2.24. The Morgan fingerprint density at radius 1 is 1.20 bits per heavy atom. The molecule has 0 aromatic heterocycles. The highest BCUT2D eigenvalue weighted by atomic mass is 19.3. The summed E-state index contributed by atoms with van der Waals surface area (Å²) < 4.78 is 37.7. The Hall–Kier alpha value is -1.56. The average Bonchev–Trinajstić information content (AvgIpc) is 2.52. The number of alkyl halides is 2. The first kappa shape index (κ1) is 21.5. The van der Waals surface area contributed by atoms with Crippen LogP contribution in [0.15, 0.2) is 35.7 Å². The lowest BCUT2D eigenvalue weighted by Gasteiger charge is -2.30. The fraction of sp³-hybridized carbons (Fsp3) is 0.632. The van der Waals surface area contributed by atoms with E-state index < -0.39 is 12.5 Å². The van der Waals surface area contributed by atoms with E-state index in [0.29, 0.717) is 23.6 Å². The van der Waals surface area contributed by atoms with Crippen molar-refractivity contribution in [1.29, 1.82) is 0 Å². The second-order valence-electron chi connectivity index (χ2n) is 6.86. The fourth-order valence-electron chi connectivity index (χ4n) is 2.89. The zero-order chi connectivity index (χ0) is 19.0. The molecule has 3 nitrogen and oxygen atoms in total. The van der Waals surface area contributed by atoms with Crippen molar-refractivity contribution in [3.63, 3.8) is 0 Å². The summed E-state index contributed by atoms with van der Waals surface area (Å²) in [5.41, 5.74) is 0.924. The van der Waals surface area contributed by atoms with Crippen LogP contribution < -0.4 is 10.6 Å². The van der Waals surface area contributed by atoms with Crippen LogP contribution in [-0.2, 0) is 4.79 Å². The summed E-state index contributed by atoms with van der Waals surface area (Å²) in [6.45, 7) is 8.75. The van der Waals surface area contributed by atoms with E-state index in [-0.39, 0.29) is 17.8 Å². The van der Waals surface area contributed by atoms with E-state index in [1.165, 1.54) is 19.9 Å². The molecule has 1 amide bonds. The van der Waals surface area contributed by atoms with Gasteiger partial charge in [-0.1, -0.05) is 6.58 Å². The molecule has 0 spiro atoms. The Morgan fingerprint density at radius 3 is 2.32 bits per heavy atom. The van der Waals surface area contributed by atoms with Gasteiger partial charge in [0.05, 0.1) is 11.9 Å². The maximum atomic E-state index is 12.8. The Balaban J connectivity index is 2.38. The molecule has 1 aliphatic carbocycles. The van der Waals surface area contributed by atoms with Gasteiger partial charge in [0.25, 0.3) is 6.43 Å². The van der Waals surface area contributed by atoms with Gasteiger partial charge < -0.3 is 10.6 Å². The lowest BCUT2D eigenvalue weighted by atomic mass is 9.85. The van der Waals surface area contributed by atoms with Crippen LogP contribution in [0.5, 0.6) is 0 Å². The predicted molar refractivity (Wildman–Crippen MR) is 95.1 cm³/mol. The van der Waals surface area contributed by atoms with E-state index in [4.69, 9.17) is 0 Å². The second kappa shape index (κ2) is 10.4. The van der Waals surface area contributed by atoms with Gasteiger partial charge in [-0.2, -0.15) is 0 Å². The lowest BCUT2D eigenvalue weighted by Crippen LogP contribution is -2.41. The SMILES string of the molecule is C=C(/C=C(\C)F)/C=C(\C)C(=O)NC1CCC(CN[C@@H](C)C(F)F)CC1. The van der Waals surface area contributed by atoms with Crippen LogP contribution >= 0.6 is 0 Å². The first-order valence-electron chi connectivity index (χ1n) is 8.72. The minimum atomic E-state index is -2.35. The molecule has 0 heterocycles. The van der Waals surface area contributed by atoms with Crippen molar-refractivity contribution in [2.75, 3.05) is 6.54 Å². The Bertz CT molecular complexity index is 517. The van der Waals surface area contributed by atoms with Gasteiger partial charge in [-0.15, -0.1) is 0 Å². The van der Waals surface area contributed by atoms with E-state index in [0.717, 1.165) is 25.7 Å². The van der Waals surface area contributed by atoms with Crippen molar-refractivity contribution in [3.05, 3.63) is 35.7 Å². The second-order valence-corrected chi connectivity index (χ2v) is 6.86. The summed E-state index contributed by atoms with van der Waals surface area (Å²) in [5, 5.41) is 5.85. The third kappa shape index (κ3) is 8.38. The topological polar surface area (TPSA) is 41.1 Å². The molecule has 2 N–H and O–H groups in total. The van der Waals surface area contributed by atoms with Crippen molar-refractivity contribution < 1.29 is 18.0 Å². The molecule has 0 unspecified atom stereocenters. The zero-order valence-corrected chi connectivity index (χ0v) is 15.2. The van der Waals surface area contributed by atoms with Gasteiger partial charge in [0.1, 0.15) is 0 Å². The summed E-state index contributed by atoms with van der Waals surface area (Å²) >= 11 is 0. The van der Waals surface area contributed by atoms with E-state index in [2.05, 4.69) is 17.2 Å². The van der Waals surface area contributed by atoms with Crippen LogP contribution in [0.4, 0.5) is 13.2 Å². The number of nitrogens with one attached hydrogen (secondary N) is 2. The molecule has 0 bridgehead atoms. The number of allylic oxidation sites excluding steroid dienone is 4. The third-order valence-corrected chi connectivity index (χ3v) is 4.43. The van der Waals surface area contributed by atoms with E-state index in [1.54, 1.807) is 13.0 Å². The zero-order valence-electron chi connectivity index (χ0n) is 15.2. The molecule has 1 fully saturated rings. The van der Waals surface area contributed by atoms with Crippen molar-refractivity contribution in [2.45, 2.75) is 65.0 Å². The van der Waals surface area contributed by atoms with Crippen LogP contribution in [0, 0.1) is 5.92 Å². The molecule has 0 radical (unpaired) electrons. The number of rotatable bonds is 8. The molecule has 0 saturated heterocycles. The molecule has 0 aromatic carbocycles. The van der Waals surface area contributed by atoms with Gasteiger partial charge in [-0.25, -0.2) is 13.2 Å². The lowest BCUT2D eigenvalue weighted by molar-refractivity contribution is -0.118. The molecule has 0 aromatic rings. The maximum Gasteiger partial charge on any atom is 0.253 e. The monoisotopic (exact) mass is 358 g/mol. The van der Waals surface area contributed by atoms with E-state index in [1.807, 2.05) is 0 Å². The van der Waals surface area contributed by atoms with E-state index >= 15 is 0 Å². The summed E-state index contributed by atoms with van der Waals surface area (Å²) in [6.07, 6.45) is 3.93. The molecule has 142 valence electrons. The normalized spacial score (nSPS) is 23.5. The van der Waals surface area contributed by atoms with Crippen molar-refractivity contribution in [2.24, 2.45) is 5.92 Å². The van der Waals surface area contributed by atoms with Crippen molar-refractivity contribution in [3.8, 4) is 0 Å². The van der Waals surface area contributed by atoms with Gasteiger partial charge in [0.15, 0.2) is 0 Å². The number of halogens is 3. The Morgan fingerprint density at radius 2 is 1.80 bits per heavy atom. The molecule has 1 saturated carbocycles. The molecule has 25 heavy (non-hydrogen) atoms. The average molecular weight is 358 g/mol. The van der Waals surface area contributed by atoms with Crippen molar-refractivity contribution in [1.82, 2.24) is 10.6 Å². The van der Waals surface area contributed by atoms with Crippen LogP contribution in [0.1, 0.15) is 46.5 Å². The summed E-state index contributed by atoms with van der Waals surface area (Å²) in [5.74, 6) is -0.176. The van der Waals surface area contributed by atoms with Gasteiger partial charge in [-0.05, 0) is 76.6 Å². The van der Waals surface area contributed by atoms with Gasteiger partial charge in [-0.3, -0.25) is 4.79 Å². The van der Waals surface area contributed by atoms with Crippen molar-refractivity contribution >= 4 is 5.91 Å². The number of amides is 1. The molecule has 0 aliphatic heterocycles. The quantitative estimate of drug-likeness (QED) is 0.502. The van der Waals surface area contributed by atoms with Crippen LogP contribution in [0.25, 0.3) is 0 Å². The molecular weight excluding hydrogens is 329 g/mol. The van der Waals surface area contributed by atoms with Gasteiger partial charge in [0.2, 0.25) is 5.91 Å². The smallest absolute Gasteiger partial charge is 0.253 e. The van der Waals surface area contributed by atoms with Gasteiger partial charge in [0, 0.05) is 11.6 Å². The highest BCUT2D eigenvalue weighted by Gasteiger charge is 2.24. The standard InChI is InChI=1S/C19H29F3N2O/c1-12(10-14(3)20)9-13(2)19(25)24-17-7-5-16(6-8-17)11-23-15(4)18(21)22/h9-10,15-18,23H,1,5-8,11H2,2-4H3,(H,24,25)/b13-9+,14-10+/t15-,16?,17?/m0/s1. The highest BCUT2D eigenvalue weighted by molar-refractivity contribution is 5.93. The molecular formula is C19H29F3N2O. The summed E-state index contributed by atoms with van der Waals surface area (Å²) in [7, 11) is 0. The molecule has 1 rings (SSSR count). The Labute approximate surface area is 148 Å².